The molecule has 1 amide bonds. The summed E-state index contributed by atoms with van der Waals surface area (Å²) in [5, 5.41) is 11.3. The van der Waals surface area contributed by atoms with Gasteiger partial charge in [-0.1, -0.05) is 80.4 Å². The quantitative estimate of drug-likeness (QED) is 0.451. The number of anilines is 2. The molecule has 5 rings (SSSR count). The van der Waals surface area contributed by atoms with Gasteiger partial charge >= 0.3 is 0 Å². The molecule has 0 radical (unpaired) electrons. The molecule has 0 aliphatic carbocycles. The number of carbonyl (C=O) groups is 1. The average molecular weight is 464 g/mol. The molecule has 4 nitrogen and oxygen atoms in total. The third-order valence-corrected chi connectivity index (χ3v) is 6.64. The van der Waals surface area contributed by atoms with Crippen LogP contribution in [0.5, 0.6) is 0 Å². The monoisotopic (exact) mass is 463 g/mol. The average Bonchev–Trinajstić information content (AvgIpc) is 3.25. The highest BCUT2D eigenvalue weighted by molar-refractivity contribution is 6.31. The van der Waals surface area contributed by atoms with E-state index in [1.165, 1.54) is 0 Å². The zero-order valence-corrected chi connectivity index (χ0v) is 19.6. The Morgan fingerprint density at radius 2 is 1.66 bits per heavy atom. The molecule has 2 aliphatic rings. The molecule has 0 unspecified atom stereocenters. The van der Waals surface area contributed by atoms with Crippen LogP contribution in [0, 0.1) is 5.41 Å². The summed E-state index contributed by atoms with van der Waals surface area (Å²) in [6.07, 6.45) is 0. The van der Waals surface area contributed by atoms with Gasteiger partial charge in [0, 0.05) is 26.7 Å². The summed E-state index contributed by atoms with van der Waals surface area (Å²) in [6, 6.07) is 23.1. The van der Waals surface area contributed by atoms with Crippen molar-refractivity contribution in [1.29, 1.82) is 0 Å². The van der Waals surface area contributed by atoms with Crippen molar-refractivity contribution in [3.8, 4) is 0 Å². The van der Waals surface area contributed by atoms with Crippen LogP contribution in [0.15, 0.2) is 77.9 Å². The number of benzene rings is 3. The second kappa shape index (κ2) is 7.36. The number of para-hydroxylation sites is 1. The van der Waals surface area contributed by atoms with Crippen LogP contribution in [0.3, 0.4) is 0 Å². The first-order valence-electron chi connectivity index (χ1n) is 10.5. The van der Waals surface area contributed by atoms with Crippen molar-refractivity contribution >= 4 is 46.2 Å². The summed E-state index contributed by atoms with van der Waals surface area (Å²) >= 11 is 12.7. The fourth-order valence-corrected chi connectivity index (χ4v) is 5.22. The number of hydrazone groups is 1. The second-order valence-electron chi connectivity index (χ2n) is 9.28. The number of nitrogens with one attached hydrogen (secondary N) is 1. The first kappa shape index (κ1) is 21.0. The maximum Gasteiger partial charge on any atom is 0.258 e. The van der Waals surface area contributed by atoms with Crippen molar-refractivity contribution < 1.29 is 4.79 Å². The van der Waals surface area contributed by atoms with Crippen molar-refractivity contribution in [2.45, 2.75) is 32.2 Å². The van der Waals surface area contributed by atoms with E-state index in [9.17, 15) is 4.79 Å². The molecule has 2 aliphatic heterocycles. The summed E-state index contributed by atoms with van der Waals surface area (Å²) in [6.45, 7) is 6.38. The standard InChI is InChI=1S/C26H23Cl2N3O/c1-25(2,3)23-22(16-8-7-9-17(27)14-16)26(31(30-23)19-10-5-4-6-11-19)20-13-12-18(28)15-21(20)29-24(26)32/h4-15,22H,1-3H3,(H,29,32)/t22-,26-/m0/s1. The number of nitrogens with zero attached hydrogens (tertiary/aromatic N) is 2. The van der Waals surface area contributed by atoms with E-state index in [0.717, 1.165) is 22.5 Å². The molecule has 0 aromatic heterocycles. The second-order valence-corrected chi connectivity index (χ2v) is 10.2. The molecular weight excluding hydrogens is 441 g/mol. The molecule has 2 atom stereocenters. The molecule has 1 N–H and O–H groups in total. The highest BCUT2D eigenvalue weighted by Gasteiger charge is 2.63. The maximum atomic E-state index is 14.0. The number of hydrogen-bond acceptors (Lipinski definition) is 3. The van der Waals surface area contributed by atoms with Gasteiger partial charge in [0.15, 0.2) is 5.54 Å². The summed E-state index contributed by atoms with van der Waals surface area (Å²) in [5.74, 6) is -0.476. The Balaban J connectivity index is 1.86. The number of amides is 1. The van der Waals surface area contributed by atoms with Crippen molar-refractivity contribution in [2.24, 2.45) is 10.5 Å². The molecular formula is C26H23Cl2N3O. The molecule has 0 saturated carbocycles. The van der Waals surface area contributed by atoms with Gasteiger partial charge in [-0.15, -0.1) is 0 Å². The van der Waals surface area contributed by atoms with Gasteiger partial charge in [0.2, 0.25) is 0 Å². The zero-order valence-electron chi connectivity index (χ0n) is 18.1. The third-order valence-electron chi connectivity index (χ3n) is 6.17. The van der Waals surface area contributed by atoms with Crippen LogP contribution in [-0.2, 0) is 10.3 Å². The van der Waals surface area contributed by atoms with E-state index < -0.39 is 5.54 Å². The van der Waals surface area contributed by atoms with Crippen LogP contribution in [0.2, 0.25) is 10.0 Å². The number of carbonyl (C=O) groups excluding carboxylic acids is 1. The van der Waals surface area contributed by atoms with Gasteiger partial charge in [-0.05, 0) is 42.0 Å². The predicted octanol–water partition coefficient (Wildman–Crippen LogP) is 6.85. The lowest BCUT2D eigenvalue weighted by atomic mass is 9.68. The van der Waals surface area contributed by atoms with Crippen molar-refractivity contribution in [1.82, 2.24) is 0 Å². The van der Waals surface area contributed by atoms with Gasteiger partial charge in [0.05, 0.1) is 17.3 Å². The van der Waals surface area contributed by atoms with Crippen LogP contribution >= 0.6 is 23.2 Å². The minimum Gasteiger partial charge on any atom is -0.323 e. The van der Waals surface area contributed by atoms with Crippen LogP contribution in [0.4, 0.5) is 11.4 Å². The van der Waals surface area contributed by atoms with Crippen molar-refractivity contribution in [3.05, 3.63) is 94.0 Å². The molecule has 32 heavy (non-hydrogen) atoms. The van der Waals surface area contributed by atoms with Gasteiger partial charge in [-0.25, -0.2) is 5.01 Å². The van der Waals surface area contributed by atoms with Gasteiger partial charge in [0.25, 0.3) is 5.91 Å². The van der Waals surface area contributed by atoms with Crippen LogP contribution in [-0.4, -0.2) is 11.6 Å². The maximum absolute atomic E-state index is 14.0. The van der Waals surface area contributed by atoms with Crippen LogP contribution in [0.1, 0.15) is 37.8 Å². The first-order chi connectivity index (χ1) is 15.2. The molecule has 1 spiro atoms. The summed E-state index contributed by atoms with van der Waals surface area (Å²) in [5.41, 5.74) is 2.87. The van der Waals surface area contributed by atoms with Crippen LogP contribution < -0.4 is 10.3 Å². The van der Waals surface area contributed by atoms with E-state index in [-0.39, 0.29) is 17.2 Å². The van der Waals surface area contributed by atoms with E-state index in [1.807, 2.05) is 71.7 Å². The predicted molar refractivity (Wildman–Crippen MR) is 132 cm³/mol. The minimum absolute atomic E-state index is 0.133. The van der Waals surface area contributed by atoms with E-state index in [2.05, 4.69) is 26.1 Å². The highest BCUT2D eigenvalue weighted by atomic mass is 35.5. The smallest absolute Gasteiger partial charge is 0.258 e. The molecule has 0 fully saturated rings. The number of fused-ring (bicyclic) bond motifs is 2. The van der Waals surface area contributed by atoms with Gasteiger partial charge in [-0.2, -0.15) is 5.10 Å². The number of halogens is 2. The Kier molecular flexibility index (Phi) is 4.84. The Hall–Kier alpha value is -2.82. The van der Waals surface area contributed by atoms with E-state index in [0.29, 0.717) is 15.7 Å². The lowest BCUT2D eigenvalue weighted by Gasteiger charge is -2.38. The topological polar surface area (TPSA) is 44.7 Å². The van der Waals surface area contributed by atoms with Crippen LogP contribution in [0.25, 0.3) is 0 Å². The number of hydrogen-bond donors (Lipinski definition) is 1. The molecule has 0 saturated heterocycles. The lowest BCUT2D eigenvalue weighted by molar-refractivity contribution is -0.120. The Morgan fingerprint density at radius 3 is 2.34 bits per heavy atom. The largest absolute Gasteiger partial charge is 0.323 e. The van der Waals surface area contributed by atoms with E-state index >= 15 is 0 Å². The Morgan fingerprint density at radius 1 is 0.938 bits per heavy atom. The Labute approximate surface area is 197 Å². The number of rotatable bonds is 2. The first-order valence-corrected chi connectivity index (χ1v) is 11.3. The molecule has 3 aromatic rings. The van der Waals surface area contributed by atoms with E-state index in [4.69, 9.17) is 28.3 Å². The summed E-state index contributed by atoms with van der Waals surface area (Å²) in [4.78, 5) is 14.0. The highest BCUT2D eigenvalue weighted by Crippen LogP contribution is 2.57. The summed E-state index contributed by atoms with van der Waals surface area (Å²) in [7, 11) is 0. The molecule has 6 heteroatoms. The van der Waals surface area contributed by atoms with Crippen molar-refractivity contribution in [3.63, 3.8) is 0 Å². The van der Waals surface area contributed by atoms with Gasteiger partial charge < -0.3 is 5.32 Å². The van der Waals surface area contributed by atoms with Crippen molar-refractivity contribution in [2.75, 3.05) is 10.3 Å². The molecule has 3 aromatic carbocycles. The third kappa shape index (κ3) is 3.05. The SMILES string of the molecule is CC(C)(C)C1=NN(c2ccccc2)[C@]2(C(=O)Nc3cc(Cl)ccc32)[C@H]1c1cccc(Cl)c1. The fourth-order valence-electron chi connectivity index (χ4n) is 4.85. The van der Waals surface area contributed by atoms with Gasteiger partial charge in [0.1, 0.15) is 0 Å². The van der Waals surface area contributed by atoms with E-state index in [1.54, 1.807) is 6.07 Å². The minimum atomic E-state index is -1.10. The molecule has 0 bridgehead atoms. The Bertz CT molecular complexity index is 1250. The molecule has 162 valence electrons. The fraction of sp³-hybridized carbons (Fsp3) is 0.231. The van der Waals surface area contributed by atoms with Gasteiger partial charge in [-0.3, -0.25) is 4.79 Å². The summed E-state index contributed by atoms with van der Waals surface area (Å²) < 4.78 is 0. The lowest BCUT2D eigenvalue weighted by Crippen LogP contribution is -2.51. The molecule has 2 heterocycles. The normalized spacial score (nSPS) is 22.2. The zero-order chi connectivity index (χ0) is 22.7.